The smallest absolute Gasteiger partial charge is 0.410 e. The summed E-state index contributed by atoms with van der Waals surface area (Å²) < 4.78 is 18.1. The number of carbonyl (C=O) groups is 2. The zero-order valence-electron chi connectivity index (χ0n) is 19.5. The summed E-state index contributed by atoms with van der Waals surface area (Å²) in [5.41, 5.74) is 0.963. The van der Waals surface area contributed by atoms with E-state index < -0.39 is 5.60 Å². The molecule has 1 aliphatic heterocycles. The molecule has 174 valence electrons. The van der Waals surface area contributed by atoms with Crippen molar-refractivity contribution in [2.45, 2.75) is 51.8 Å². The van der Waals surface area contributed by atoms with Gasteiger partial charge in [0.1, 0.15) is 22.8 Å². The minimum Gasteiger partial charge on any atom is -0.497 e. The molecule has 1 aromatic carbocycles. The van der Waals surface area contributed by atoms with Crippen LogP contribution in [0.5, 0.6) is 11.5 Å². The summed E-state index contributed by atoms with van der Waals surface area (Å²) in [6, 6.07) is 9.36. The van der Waals surface area contributed by atoms with Gasteiger partial charge in [0.2, 0.25) is 0 Å². The van der Waals surface area contributed by atoms with Crippen molar-refractivity contribution in [2.75, 3.05) is 27.3 Å². The zero-order chi connectivity index (χ0) is 23.3. The highest BCUT2D eigenvalue weighted by atomic mass is 16.6. The Hall–Kier alpha value is -3.16. The third kappa shape index (κ3) is 5.75. The molecule has 0 aliphatic carbocycles. The van der Waals surface area contributed by atoms with E-state index >= 15 is 0 Å². The highest BCUT2D eigenvalue weighted by Crippen LogP contribution is 2.27. The fourth-order valence-electron chi connectivity index (χ4n) is 3.82. The van der Waals surface area contributed by atoms with Gasteiger partial charge in [-0.3, -0.25) is 4.79 Å². The third-order valence-electron chi connectivity index (χ3n) is 5.45. The Bertz CT molecular complexity index is 939. The topological polar surface area (TPSA) is 82.0 Å². The quantitative estimate of drug-likeness (QED) is 0.730. The first-order valence-corrected chi connectivity index (χ1v) is 10.9. The Labute approximate surface area is 189 Å². The Morgan fingerprint density at radius 2 is 1.81 bits per heavy atom. The molecule has 0 spiro atoms. The number of benzene rings is 1. The SMILES string of the molecule is COc1ccc(CNC(=O)c2cccn2C2CCN(C(=O)OC(C)(C)C)CC2)c(OC)c1. The largest absolute Gasteiger partial charge is 0.497 e. The van der Waals surface area contributed by atoms with Crippen molar-refractivity contribution in [3.05, 3.63) is 47.8 Å². The molecule has 0 saturated carbocycles. The lowest BCUT2D eigenvalue weighted by atomic mass is 10.0. The minimum absolute atomic E-state index is 0.151. The van der Waals surface area contributed by atoms with Gasteiger partial charge in [-0.1, -0.05) is 0 Å². The number of amides is 2. The van der Waals surface area contributed by atoms with E-state index in [-0.39, 0.29) is 18.0 Å². The molecular formula is C24H33N3O5. The summed E-state index contributed by atoms with van der Waals surface area (Å²) in [5.74, 6) is 1.21. The second-order valence-corrected chi connectivity index (χ2v) is 8.86. The van der Waals surface area contributed by atoms with Gasteiger partial charge in [0, 0.05) is 43.5 Å². The number of methoxy groups -OCH3 is 2. The van der Waals surface area contributed by atoms with E-state index in [0.717, 1.165) is 18.4 Å². The monoisotopic (exact) mass is 443 g/mol. The Morgan fingerprint density at radius 1 is 1.09 bits per heavy atom. The van der Waals surface area contributed by atoms with E-state index in [4.69, 9.17) is 14.2 Å². The molecule has 0 atom stereocenters. The van der Waals surface area contributed by atoms with Crippen LogP contribution in [0.25, 0.3) is 0 Å². The predicted molar refractivity (Wildman–Crippen MR) is 121 cm³/mol. The van der Waals surface area contributed by atoms with Crippen LogP contribution in [0.3, 0.4) is 0 Å². The molecule has 0 unspecified atom stereocenters. The lowest BCUT2D eigenvalue weighted by molar-refractivity contribution is 0.0187. The fraction of sp³-hybridized carbons (Fsp3) is 0.500. The first kappa shape index (κ1) is 23.5. The summed E-state index contributed by atoms with van der Waals surface area (Å²) in [7, 11) is 3.19. The van der Waals surface area contributed by atoms with Gasteiger partial charge in [0.05, 0.1) is 14.2 Å². The van der Waals surface area contributed by atoms with Crippen LogP contribution < -0.4 is 14.8 Å². The minimum atomic E-state index is -0.508. The summed E-state index contributed by atoms with van der Waals surface area (Å²) >= 11 is 0. The molecular weight excluding hydrogens is 410 g/mol. The number of carbonyl (C=O) groups excluding carboxylic acids is 2. The number of hydrogen-bond donors (Lipinski definition) is 1. The number of likely N-dealkylation sites (tertiary alicyclic amines) is 1. The molecule has 8 heteroatoms. The van der Waals surface area contributed by atoms with Crippen LogP contribution in [0.2, 0.25) is 0 Å². The lowest BCUT2D eigenvalue weighted by Gasteiger charge is -2.34. The van der Waals surface area contributed by atoms with Crippen molar-refractivity contribution < 1.29 is 23.8 Å². The predicted octanol–water partition coefficient (Wildman–Crippen LogP) is 4.01. The van der Waals surface area contributed by atoms with E-state index in [1.807, 2.05) is 55.8 Å². The number of aromatic nitrogens is 1. The molecule has 32 heavy (non-hydrogen) atoms. The van der Waals surface area contributed by atoms with Crippen LogP contribution in [-0.2, 0) is 11.3 Å². The van der Waals surface area contributed by atoms with Crippen LogP contribution in [0.4, 0.5) is 4.79 Å². The van der Waals surface area contributed by atoms with Crippen LogP contribution in [-0.4, -0.2) is 54.4 Å². The van der Waals surface area contributed by atoms with Gasteiger partial charge in [-0.15, -0.1) is 0 Å². The molecule has 0 bridgehead atoms. The van der Waals surface area contributed by atoms with Gasteiger partial charge < -0.3 is 29.0 Å². The second-order valence-electron chi connectivity index (χ2n) is 8.86. The normalized spacial score (nSPS) is 14.7. The van der Waals surface area contributed by atoms with Crippen molar-refractivity contribution in [2.24, 2.45) is 0 Å². The number of nitrogens with one attached hydrogen (secondary N) is 1. The summed E-state index contributed by atoms with van der Waals surface area (Å²) in [4.78, 5) is 27.0. The fourth-order valence-corrected chi connectivity index (χ4v) is 3.82. The highest BCUT2D eigenvalue weighted by molar-refractivity contribution is 5.92. The van der Waals surface area contributed by atoms with Crippen molar-refractivity contribution in [1.82, 2.24) is 14.8 Å². The van der Waals surface area contributed by atoms with E-state index in [0.29, 0.717) is 36.8 Å². The van der Waals surface area contributed by atoms with Crippen molar-refractivity contribution in [1.29, 1.82) is 0 Å². The maximum absolute atomic E-state index is 12.9. The van der Waals surface area contributed by atoms with Gasteiger partial charge in [-0.25, -0.2) is 4.79 Å². The molecule has 8 nitrogen and oxygen atoms in total. The average Bonchev–Trinajstić information content (AvgIpc) is 3.26. The van der Waals surface area contributed by atoms with Gasteiger partial charge in [0.15, 0.2) is 0 Å². The molecule has 1 fully saturated rings. The highest BCUT2D eigenvalue weighted by Gasteiger charge is 2.28. The van der Waals surface area contributed by atoms with Crippen LogP contribution >= 0.6 is 0 Å². The average molecular weight is 444 g/mol. The molecule has 2 heterocycles. The lowest BCUT2D eigenvalue weighted by Crippen LogP contribution is -2.42. The van der Waals surface area contributed by atoms with Crippen molar-refractivity contribution in [3.63, 3.8) is 0 Å². The molecule has 2 aromatic rings. The van der Waals surface area contributed by atoms with Gasteiger partial charge >= 0.3 is 6.09 Å². The summed E-state index contributed by atoms with van der Waals surface area (Å²) in [5, 5.41) is 2.98. The van der Waals surface area contributed by atoms with E-state index in [1.165, 1.54) is 0 Å². The Kier molecular flexibility index (Phi) is 7.33. The van der Waals surface area contributed by atoms with E-state index in [1.54, 1.807) is 25.2 Å². The molecule has 0 radical (unpaired) electrons. The van der Waals surface area contributed by atoms with Crippen LogP contribution in [0.15, 0.2) is 36.5 Å². The zero-order valence-corrected chi connectivity index (χ0v) is 19.5. The summed E-state index contributed by atoms with van der Waals surface area (Å²) in [6.07, 6.45) is 3.17. The maximum Gasteiger partial charge on any atom is 0.410 e. The van der Waals surface area contributed by atoms with Gasteiger partial charge in [-0.2, -0.15) is 0 Å². The number of piperidine rings is 1. The molecule has 3 rings (SSSR count). The second kappa shape index (κ2) is 9.97. The standard InChI is InChI=1S/C24H33N3O5/c1-24(2,3)32-23(29)26-13-10-18(11-14-26)27-12-6-7-20(27)22(28)25-16-17-8-9-19(30-4)15-21(17)31-5/h6-9,12,15,18H,10-11,13-14,16H2,1-5H3,(H,25,28). The Balaban J connectivity index is 1.60. The van der Waals surface area contributed by atoms with Crippen LogP contribution in [0, 0.1) is 0 Å². The molecule has 2 amide bonds. The Morgan fingerprint density at radius 3 is 2.44 bits per heavy atom. The maximum atomic E-state index is 12.9. The molecule has 1 N–H and O–H groups in total. The first-order valence-electron chi connectivity index (χ1n) is 10.9. The van der Waals surface area contributed by atoms with E-state index in [2.05, 4.69) is 5.32 Å². The number of ether oxygens (including phenoxy) is 3. The number of nitrogens with zero attached hydrogens (tertiary/aromatic N) is 2. The number of hydrogen-bond acceptors (Lipinski definition) is 5. The van der Waals surface area contributed by atoms with Crippen molar-refractivity contribution >= 4 is 12.0 Å². The van der Waals surface area contributed by atoms with Crippen LogP contribution in [0.1, 0.15) is 55.7 Å². The first-order chi connectivity index (χ1) is 15.2. The van der Waals surface area contributed by atoms with Gasteiger partial charge in [-0.05, 0) is 57.9 Å². The third-order valence-corrected chi connectivity index (χ3v) is 5.45. The van der Waals surface area contributed by atoms with E-state index in [9.17, 15) is 9.59 Å². The molecule has 1 saturated heterocycles. The molecule has 1 aliphatic rings. The van der Waals surface area contributed by atoms with Crippen molar-refractivity contribution in [3.8, 4) is 11.5 Å². The molecule has 1 aromatic heterocycles. The van der Waals surface area contributed by atoms with Gasteiger partial charge in [0.25, 0.3) is 5.91 Å². The summed E-state index contributed by atoms with van der Waals surface area (Å²) in [6.45, 7) is 7.13. The number of rotatable bonds is 6.